The zero-order chi connectivity index (χ0) is 20.6. The van der Waals surface area contributed by atoms with Gasteiger partial charge in [-0.1, -0.05) is 18.2 Å². The summed E-state index contributed by atoms with van der Waals surface area (Å²) in [6.45, 7) is 0. The molecular weight excluding hydrogens is 405 g/mol. The molecule has 0 aliphatic carbocycles. The van der Waals surface area contributed by atoms with Crippen LogP contribution in [-0.2, 0) is 6.18 Å². The van der Waals surface area contributed by atoms with E-state index in [-0.39, 0.29) is 27.9 Å². The van der Waals surface area contributed by atoms with Crippen LogP contribution in [0.3, 0.4) is 0 Å². The van der Waals surface area contributed by atoms with Gasteiger partial charge in [-0.15, -0.1) is 11.3 Å². The van der Waals surface area contributed by atoms with E-state index in [9.17, 15) is 22.8 Å². The molecule has 5 nitrogen and oxygen atoms in total. The minimum atomic E-state index is -4.54. The van der Waals surface area contributed by atoms with E-state index in [1.807, 2.05) is 0 Å². The first-order valence-electron chi connectivity index (χ1n) is 8.28. The summed E-state index contributed by atoms with van der Waals surface area (Å²) in [4.78, 5) is 29.1. The lowest BCUT2D eigenvalue weighted by Gasteiger charge is -2.10. The number of nitrogens with one attached hydrogen (secondary N) is 1. The van der Waals surface area contributed by atoms with Crippen molar-refractivity contribution in [3.05, 3.63) is 81.5 Å². The Kier molecular flexibility index (Phi) is 4.67. The summed E-state index contributed by atoms with van der Waals surface area (Å²) in [5, 5.41) is 4.79. The van der Waals surface area contributed by atoms with Crippen molar-refractivity contribution < 1.29 is 22.4 Å². The number of hydrogen-bond acceptors (Lipinski definition) is 5. The standard InChI is InChI=1S/C20H11F3N2O3S/c21-20(22,23)12-4-1-3-11(9-12)16-10-15(26)13-5-2-6-14(17(13)28-16)18(27)25-19-24-7-8-29-19/h1-10H,(H,24,25,27). The van der Waals surface area contributed by atoms with E-state index in [2.05, 4.69) is 10.3 Å². The van der Waals surface area contributed by atoms with E-state index in [0.717, 1.165) is 18.2 Å². The molecule has 0 aliphatic rings. The number of benzene rings is 2. The predicted octanol–water partition coefficient (Wildman–Crippen LogP) is 5.19. The molecule has 2 aromatic heterocycles. The monoisotopic (exact) mass is 416 g/mol. The minimum Gasteiger partial charge on any atom is -0.455 e. The van der Waals surface area contributed by atoms with Crippen LogP contribution in [0.2, 0.25) is 0 Å². The Morgan fingerprint density at radius 1 is 1.10 bits per heavy atom. The number of para-hydroxylation sites is 1. The van der Waals surface area contributed by atoms with E-state index in [4.69, 9.17) is 4.42 Å². The average molecular weight is 416 g/mol. The number of anilines is 1. The van der Waals surface area contributed by atoms with Gasteiger partial charge in [0.25, 0.3) is 5.91 Å². The molecule has 0 aliphatic heterocycles. The molecular formula is C20H11F3N2O3S. The first kappa shape index (κ1) is 18.9. The Labute approximate surface area is 165 Å². The molecule has 4 rings (SSSR count). The Hall–Kier alpha value is -3.46. The number of halogens is 3. The molecule has 1 amide bonds. The molecule has 0 atom stereocenters. The van der Waals surface area contributed by atoms with Crippen LogP contribution in [0.4, 0.5) is 18.3 Å². The van der Waals surface area contributed by atoms with Gasteiger partial charge in [0.2, 0.25) is 0 Å². The SMILES string of the molecule is O=C(Nc1nccs1)c1cccc2c(=O)cc(-c3cccc(C(F)(F)F)c3)oc12. The summed E-state index contributed by atoms with van der Waals surface area (Å²) in [6.07, 6.45) is -3.01. The van der Waals surface area contributed by atoms with Crippen molar-refractivity contribution in [3.8, 4) is 11.3 Å². The van der Waals surface area contributed by atoms with Gasteiger partial charge in [-0.05, 0) is 24.3 Å². The predicted molar refractivity (Wildman–Crippen MR) is 103 cm³/mol. The molecule has 9 heteroatoms. The lowest BCUT2D eigenvalue weighted by Crippen LogP contribution is -2.13. The number of carbonyl (C=O) groups is 1. The highest BCUT2D eigenvalue weighted by Crippen LogP contribution is 2.33. The third-order valence-electron chi connectivity index (χ3n) is 4.13. The second kappa shape index (κ2) is 7.17. The van der Waals surface area contributed by atoms with E-state index in [1.54, 1.807) is 5.38 Å². The Morgan fingerprint density at radius 3 is 2.62 bits per heavy atom. The Balaban J connectivity index is 1.84. The van der Waals surface area contributed by atoms with Gasteiger partial charge in [-0.2, -0.15) is 13.2 Å². The number of thiazole rings is 1. The normalized spacial score (nSPS) is 11.6. The number of carbonyl (C=O) groups excluding carboxylic acids is 1. The number of alkyl halides is 3. The Bertz CT molecular complexity index is 1260. The maximum absolute atomic E-state index is 13.0. The fourth-order valence-electron chi connectivity index (χ4n) is 2.80. The third-order valence-corrected chi connectivity index (χ3v) is 4.82. The largest absolute Gasteiger partial charge is 0.455 e. The molecule has 2 aromatic carbocycles. The maximum atomic E-state index is 13.0. The van der Waals surface area contributed by atoms with Crippen molar-refractivity contribution >= 4 is 33.3 Å². The zero-order valence-corrected chi connectivity index (χ0v) is 15.3. The summed E-state index contributed by atoms with van der Waals surface area (Å²) in [6, 6.07) is 10.0. The molecule has 0 bridgehead atoms. The van der Waals surface area contributed by atoms with Crippen LogP contribution in [0, 0.1) is 0 Å². The lowest BCUT2D eigenvalue weighted by atomic mass is 10.1. The van der Waals surface area contributed by atoms with Gasteiger partial charge in [0, 0.05) is 23.2 Å². The minimum absolute atomic E-state index is 0.0125. The molecule has 29 heavy (non-hydrogen) atoms. The van der Waals surface area contributed by atoms with Gasteiger partial charge in [0.1, 0.15) is 5.76 Å². The van der Waals surface area contributed by atoms with Crippen molar-refractivity contribution in [2.75, 3.05) is 5.32 Å². The number of rotatable bonds is 3. The second-order valence-corrected chi connectivity index (χ2v) is 6.92. The van der Waals surface area contributed by atoms with Crippen LogP contribution >= 0.6 is 11.3 Å². The number of amides is 1. The smallest absolute Gasteiger partial charge is 0.416 e. The maximum Gasteiger partial charge on any atom is 0.416 e. The molecule has 0 saturated carbocycles. The van der Waals surface area contributed by atoms with Crippen LogP contribution in [-0.4, -0.2) is 10.9 Å². The van der Waals surface area contributed by atoms with Crippen molar-refractivity contribution in [1.29, 1.82) is 0 Å². The summed E-state index contributed by atoms with van der Waals surface area (Å²) in [5.41, 5.74) is -1.20. The molecule has 0 radical (unpaired) electrons. The summed E-state index contributed by atoms with van der Waals surface area (Å²) >= 11 is 1.22. The summed E-state index contributed by atoms with van der Waals surface area (Å²) in [5.74, 6) is -0.613. The van der Waals surface area contributed by atoms with E-state index in [0.29, 0.717) is 5.13 Å². The fraction of sp³-hybridized carbons (Fsp3) is 0.0500. The highest BCUT2D eigenvalue weighted by molar-refractivity contribution is 7.13. The molecule has 1 N–H and O–H groups in total. The quantitative estimate of drug-likeness (QED) is 0.499. The summed E-state index contributed by atoms with van der Waals surface area (Å²) in [7, 11) is 0. The molecule has 146 valence electrons. The molecule has 0 spiro atoms. The number of aromatic nitrogens is 1. The molecule has 0 saturated heterocycles. The van der Waals surface area contributed by atoms with Crippen LogP contribution in [0.1, 0.15) is 15.9 Å². The lowest BCUT2D eigenvalue weighted by molar-refractivity contribution is -0.137. The van der Waals surface area contributed by atoms with Crippen LogP contribution in [0.25, 0.3) is 22.3 Å². The molecule has 4 aromatic rings. The molecule has 0 unspecified atom stereocenters. The first-order valence-corrected chi connectivity index (χ1v) is 9.16. The van der Waals surface area contributed by atoms with E-state index < -0.39 is 23.1 Å². The van der Waals surface area contributed by atoms with Crippen molar-refractivity contribution in [2.45, 2.75) is 6.18 Å². The highest BCUT2D eigenvalue weighted by Gasteiger charge is 2.30. The number of hydrogen-bond donors (Lipinski definition) is 1. The topological polar surface area (TPSA) is 72.2 Å². The fourth-order valence-corrected chi connectivity index (χ4v) is 3.32. The molecule has 0 fully saturated rings. The van der Waals surface area contributed by atoms with Crippen LogP contribution in [0.15, 0.2) is 69.3 Å². The van der Waals surface area contributed by atoms with Gasteiger partial charge in [0.15, 0.2) is 16.1 Å². The molecule has 2 heterocycles. The van der Waals surface area contributed by atoms with Gasteiger partial charge >= 0.3 is 6.18 Å². The number of nitrogens with zero attached hydrogens (tertiary/aromatic N) is 1. The van der Waals surface area contributed by atoms with E-state index in [1.165, 1.54) is 47.9 Å². The van der Waals surface area contributed by atoms with Gasteiger partial charge in [0.05, 0.1) is 16.5 Å². The third kappa shape index (κ3) is 3.77. The van der Waals surface area contributed by atoms with Crippen molar-refractivity contribution in [1.82, 2.24) is 4.98 Å². The van der Waals surface area contributed by atoms with Crippen molar-refractivity contribution in [3.63, 3.8) is 0 Å². The van der Waals surface area contributed by atoms with Crippen LogP contribution < -0.4 is 10.7 Å². The first-order chi connectivity index (χ1) is 13.8. The highest BCUT2D eigenvalue weighted by atomic mass is 32.1. The second-order valence-electron chi connectivity index (χ2n) is 6.03. The summed E-state index contributed by atoms with van der Waals surface area (Å²) < 4.78 is 44.8. The van der Waals surface area contributed by atoms with E-state index >= 15 is 0 Å². The Morgan fingerprint density at radius 2 is 1.90 bits per heavy atom. The van der Waals surface area contributed by atoms with Crippen LogP contribution in [0.5, 0.6) is 0 Å². The average Bonchev–Trinajstić information content (AvgIpc) is 3.20. The number of fused-ring (bicyclic) bond motifs is 1. The van der Waals surface area contributed by atoms with Crippen molar-refractivity contribution in [2.24, 2.45) is 0 Å². The zero-order valence-electron chi connectivity index (χ0n) is 14.5. The van der Waals surface area contributed by atoms with Gasteiger partial charge in [-0.3, -0.25) is 14.9 Å². The van der Waals surface area contributed by atoms with Gasteiger partial charge in [-0.25, -0.2) is 4.98 Å². The van der Waals surface area contributed by atoms with Gasteiger partial charge < -0.3 is 4.42 Å².